The lowest BCUT2D eigenvalue weighted by molar-refractivity contribution is -0.274. The average Bonchev–Trinajstić information content (AvgIpc) is 2.59. The topological polar surface area (TPSA) is 81.4 Å². The first-order valence-electron chi connectivity index (χ1n) is 8.51. The molecular weight excluding hydrogens is 419 g/mol. The highest BCUT2D eigenvalue weighted by atomic mass is 32.2. The first-order chi connectivity index (χ1) is 13.4. The lowest BCUT2D eigenvalue weighted by atomic mass is 9.68. The molecule has 0 unspecified atom stereocenters. The number of nitrogens with one attached hydrogen (secondary N) is 1. The smallest absolute Gasteiger partial charge is 0.406 e. The Morgan fingerprint density at radius 1 is 1.00 bits per heavy atom. The Morgan fingerprint density at radius 2 is 1.59 bits per heavy atom. The Bertz CT molecular complexity index is 998. The van der Waals surface area contributed by atoms with Crippen molar-refractivity contribution in [3.05, 3.63) is 59.2 Å². The average molecular weight is 436 g/mol. The van der Waals surface area contributed by atoms with Crippen LogP contribution in [0.2, 0.25) is 0 Å². The third-order valence-electron chi connectivity index (χ3n) is 4.88. The van der Waals surface area contributed by atoms with Gasteiger partial charge in [0, 0.05) is 11.5 Å². The molecule has 1 fully saturated rings. The van der Waals surface area contributed by atoms with Crippen molar-refractivity contribution in [3.8, 4) is 5.75 Å². The minimum absolute atomic E-state index is 0.102. The first kappa shape index (κ1) is 21.5. The SMILES string of the molecule is NS(=O)(=O)c1ccc(OC(F)(F)F)cc1C1(c2cc(F)cc(F)c2)CCNCC1. The summed E-state index contributed by atoms with van der Waals surface area (Å²) in [6.45, 7) is 0.680. The van der Waals surface area contributed by atoms with Gasteiger partial charge in [0.05, 0.1) is 4.90 Å². The molecule has 3 N–H and O–H groups in total. The molecule has 3 rings (SSSR count). The molecule has 11 heteroatoms. The molecule has 2 aromatic carbocycles. The zero-order valence-electron chi connectivity index (χ0n) is 14.9. The fourth-order valence-electron chi connectivity index (χ4n) is 3.73. The van der Waals surface area contributed by atoms with Crippen LogP contribution in [0.3, 0.4) is 0 Å². The highest BCUT2D eigenvalue weighted by Gasteiger charge is 2.41. The minimum atomic E-state index is -5.01. The minimum Gasteiger partial charge on any atom is -0.406 e. The summed E-state index contributed by atoms with van der Waals surface area (Å²) in [4.78, 5) is -0.432. The Kier molecular flexibility index (Phi) is 5.58. The number of hydrogen-bond donors (Lipinski definition) is 2. The predicted octanol–water partition coefficient (Wildman–Crippen LogP) is 3.18. The molecule has 0 saturated carbocycles. The van der Waals surface area contributed by atoms with E-state index in [4.69, 9.17) is 5.14 Å². The second-order valence-electron chi connectivity index (χ2n) is 6.74. The van der Waals surface area contributed by atoms with Crippen molar-refractivity contribution in [3.63, 3.8) is 0 Å². The maximum atomic E-state index is 13.9. The van der Waals surface area contributed by atoms with Gasteiger partial charge in [-0.15, -0.1) is 13.2 Å². The summed E-state index contributed by atoms with van der Waals surface area (Å²) < 4.78 is 94.2. The van der Waals surface area contributed by atoms with Gasteiger partial charge in [-0.1, -0.05) is 0 Å². The van der Waals surface area contributed by atoms with E-state index in [1.807, 2.05) is 0 Å². The molecule has 1 heterocycles. The molecule has 1 aliphatic heterocycles. The molecule has 1 aliphatic rings. The van der Waals surface area contributed by atoms with Gasteiger partial charge in [0.15, 0.2) is 0 Å². The van der Waals surface area contributed by atoms with Crippen LogP contribution < -0.4 is 15.2 Å². The van der Waals surface area contributed by atoms with Crippen molar-refractivity contribution in [2.45, 2.75) is 29.5 Å². The predicted molar refractivity (Wildman–Crippen MR) is 93.7 cm³/mol. The van der Waals surface area contributed by atoms with Crippen LogP contribution in [0.1, 0.15) is 24.0 Å². The highest BCUT2D eigenvalue weighted by molar-refractivity contribution is 7.89. The first-order valence-corrected chi connectivity index (χ1v) is 10.1. The molecule has 0 radical (unpaired) electrons. The van der Waals surface area contributed by atoms with Gasteiger partial charge < -0.3 is 10.1 Å². The normalized spacial score (nSPS) is 17.2. The van der Waals surface area contributed by atoms with Gasteiger partial charge >= 0.3 is 6.36 Å². The third-order valence-corrected chi connectivity index (χ3v) is 5.85. The molecule has 0 atom stereocenters. The second kappa shape index (κ2) is 7.54. The van der Waals surface area contributed by atoms with Gasteiger partial charge in [-0.25, -0.2) is 22.3 Å². The quantitative estimate of drug-likeness (QED) is 0.722. The Morgan fingerprint density at radius 3 is 2.10 bits per heavy atom. The molecule has 0 aliphatic carbocycles. The Hall–Kier alpha value is -2.24. The van der Waals surface area contributed by atoms with E-state index in [1.165, 1.54) is 0 Å². The molecule has 2 aromatic rings. The van der Waals surface area contributed by atoms with Crippen LogP contribution >= 0.6 is 0 Å². The number of rotatable bonds is 4. The number of ether oxygens (including phenoxy) is 1. The van der Waals surface area contributed by atoms with Gasteiger partial charge in [0.25, 0.3) is 0 Å². The highest BCUT2D eigenvalue weighted by Crippen LogP contribution is 2.44. The zero-order chi connectivity index (χ0) is 21.4. The van der Waals surface area contributed by atoms with Crippen molar-refractivity contribution in [2.75, 3.05) is 13.1 Å². The van der Waals surface area contributed by atoms with Crippen LogP contribution in [0.25, 0.3) is 0 Å². The number of halogens is 5. The zero-order valence-corrected chi connectivity index (χ0v) is 15.7. The van der Waals surface area contributed by atoms with Gasteiger partial charge in [-0.05, 0) is 67.4 Å². The lowest BCUT2D eigenvalue weighted by Crippen LogP contribution is -2.42. The number of hydrogen-bond acceptors (Lipinski definition) is 4. The molecule has 0 aromatic heterocycles. The molecule has 1 saturated heterocycles. The number of piperidine rings is 1. The van der Waals surface area contributed by atoms with E-state index < -0.39 is 44.1 Å². The Balaban J connectivity index is 2.30. The van der Waals surface area contributed by atoms with Crippen molar-refractivity contribution in [1.82, 2.24) is 5.32 Å². The van der Waals surface area contributed by atoms with E-state index in [0.29, 0.717) is 19.2 Å². The molecular formula is C18H17F5N2O3S. The second-order valence-corrected chi connectivity index (χ2v) is 8.27. The van der Waals surface area contributed by atoms with Crippen LogP contribution in [0.4, 0.5) is 22.0 Å². The maximum absolute atomic E-state index is 13.9. The maximum Gasteiger partial charge on any atom is 0.573 e. The van der Waals surface area contributed by atoms with Gasteiger partial charge in [-0.2, -0.15) is 0 Å². The number of benzene rings is 2. The molecule has 0 bridgehead atoms. The lowest BCUT2D eigenvalue weighted by Gasteiger charge is -2.40. The van der Waals surface area contributed by atoms with E-state index >= 15 is 0 Å². The summed E-state index contributed by atoms with van der Waals surface area (Å²) in [5.41, 5.74) is -1.29. The van der Waals surface area contributed by atoms with Crippen molar-refractivity contribution < 1.29 is 35.1 Å². The van der Waals surface area contributed by atoms with Crippen molar-refractivity contribution in [1.29, 1.82) is 0 Å². The van der Waals surface area contributed by atoms with Crippen molar-refractivity contribution in [2.24, 2.45) is 5.14 Å². The van der Waals surface area contributed by atoms with Crippen LogP contribution in [0.15, 0.2) is 41.3 Å². The molecule has 158 valence electrons. The van der Waals surface area contributed by atoms with Crippen LogP contribution in [-0.2, 0) is 15.4 Å². The van der Waals surface area contributed by atoms with Crippen LogP contribution in [0.5, 0.6) is 5.75 Å². The molecule has 0 amide bonds. The van der Waals surface area contributed by atoms with Crippen LogP contribution in [0, 0.1) is 11.6 Å². The summed E-state index contributed by atoms with van der Waals surface area (Å²) in [6, 6.07) is 5.39. The fourth-order valence-corrected chi connectivity index (χ4v) is 4.54. The number of primary sulfonamides is 1. The summed E-state index contributed by atoms with van der Waals surface area (Å²) in [7, 11) is -4.35. The number of sulfonamides is 1. The van der Waals surface area contributed by atoms with E-state index in [1.54, 1.807) is 0 Å². The summed E-state index contributed by atoms with van der Waals surface area (Å²) in [6.07, 6.45) is -4.66. The number of nitrogens with two attached hydrogens (primary N) is 1. The Labute approximate surface area is 163 Å². The third kappa shape index (κ3) is 4.68. The number of alkyl halides is 3. The largest absolute Gasteiger partial charge is 0.573 e. The van der Waals surface area contributed by atoms with Gasteiger partial charge in [0.1, 0.15) is 17.4 Å². The van der Waals surface area contributed by atoms with E-state index in [9.17, 15) is 30.4 Å². The molecule has 0 spiro atoms. The van der Waals surface area contributed by atoms with Gasteiger partial charge in [-0.3, -0.25) is 0 Å². The monoisotopic (exact) mass is 436 g/mol. The van der Waals surface area contributed by atoms with E-state index in [0.717, 1.165) is 30.3 Å². The van der Waals surface area contributed by atoms with E-state index in [2.05, 4.69) is 10.1 Å². The molecule has 5 nitrogen and oxygen atoms in total. The van der Waals surface area contributed by atoms with Crippen LogP contribution in [-0.4, -0.2) is 27.9 Å². The van der Waals surface area contributed by atoms with Crippen molar-refractivity contribution >= 4 is 10.0 Å². The van der Waals surface area contributed by atoms with E-state index in [-0.39, 0.29) is 24.0 Å². The summed E-state index contributed by atoms with van der Waals surface area (Å²) in [5.74, 6) is -2.44. The summed E-state index contributed by atoms with van der Waals surface area (Å²) >= 11 is 0. The standard InChI is InChI=1S/C18H17F5N2O3S/c19-12-7-11(8-13(20)9-12)17(3-5-25-6-4-17)15-10-14(28-18(21,22)23)1-2-16(15)29(24,26)27/h1-2,7-10,25H,3-6H2,(H2,24,26,27). The fraction of sp³-hybridized carbons (Fsp3) is 0.333. The summed E-state index contributed by atoms with van der Waals surface area (Å²) in [5, 5.41) is 8.32. The molecule has 29 heavy (non-hydrogen) atoms. The van der Waals surface area contributed by atoms with Gasteiger partial charge in [0.2, 0.25) is 10.0 Å².